The van der Waals surface area contributed by atoms with Crippen LogP contribution >= 0.6 is 0 Å². The van der Waals surface area contributed by atoms with Crippen LogP contribution in [0.4, 0.5) is 0 Å². The van der Waals surface area contributed by atoms with E-state index in [0.717, 1.165) is 0 Å². The Kier molecular flexibility index (Phi) is 1.54. The van der Waals surface area contributed by atoms with Gasteiger partial charge in [0.25, 0.3) is 0 Å². The van der Waals surface area contributed by atoms with E-state index in [4.69, 9.17) is 23.9 Å². The van der Waals surface area contributed by atoms with E-state index in [1.165, 1.54) is 0 Å². The van der Waals surface area contributed by atoms with Gasteiger partial charge in [0.2, 0.25) is 0 Å². The Labute approximate surface area is 133 Å². The van der Waals surface area contributed by atoms with Crippen LogP contribution in [0.15, 0.2) is 42.3 Å². The second kappa shape index (κ2) is 6.55. The molecule has 0 aliphatic rings. The Morgan fingerprint density at radius 1 is 1.32 bits per heavy atom. The van der Waals surface area contributed by atoms with Crippen molar-refractivity contribution in [3.63, 3.8) is 0 Å². The number of aliphatic hydroxyl groups excluding tert-OH is 1. The van der Waals surface area contributed by atoms with Gasteiger partial charge < -0.3 is 15.2 Å². The lowest BCUT2D eigenvalue weighted by Crippen LogP contribution is -2.35. The van der Waals surface area contributed by atoms with Gasteiger partial charge in [-0.05, 0) is 11.4 Å². The Hall–Kier alpha value is -1.58. The third-order valence-corrected chi connectivity index (χ3v) is 2.21. The Bertz CT molecular complexity index is 1040. The first-order valence-electron chi connectivity index (χ1n) is 12.4. The highest BCUT2D eigenvalue weighted by Crippen LogP contribution is 2.25. The van der Waals surface area contributed by atoms with Crippen LogP contribution in [0, 0.1) is 0 Å². The van der Waals surface area contributed by atoms with E-state index in [1.807, 2.05) is 5.32 Å². The average Bonchev–Trinajstić information content (AvgIpc) is 2.70. The minimum atomic E-state index is -3.27. The monoisotopic (exact) mass is 273 g/mol. The van der Waals surface area contributed by atoms with Crippen LogP contribution in [0.2, 0.25) is 0 Å². The standard InChI is InChI=1S/C16H21NO2/c1-12(2)17-10-14(18)11-19-16-9-5-7-13-6-3-4-8-15(13)16/h3-9,12,14,17-18H,10-11H2,1-2H3/i1D3,2D3,3D,4D,5D,6D,7D,8D,9D,12D. The Morgan fingerprint density at radius 3 is 2.95 bits per heavy atom. The number of hydrogen-bond acceptors (Lipinski definition) is 3. The predicted octanol–water partition coefficient (Wildman–Crippen LogP) is 2.58. The molecule has 102 valence electrons. The fraction of sp³-hybridized carbons (Fsp3) is 0.375. The number of benzene rings is 2. The molecule has 0 aromatic heterocycles. The minimum Gasteiger partial charge on any atom is -0.490 e. The zero-order valence-electron chi connectivity index (χ0n) is 23.8. The molecule has 0 aliphatic heterocycles. The molecule has 0 spiro atoms. The highest BCUT2D eigenvalue weighted by Gasteiger charge is 2.07. The van der Waals surface area contributed by atoms with Crippen molar-refractivity contribution in [3.8, 4) is 5.75 Å². The minimum absolute atomic E-state index is 0.341. The van der Waals surface area contributed by atoms with E-state index in [0.29, 0.717) is 0 Å². The highest BCUT2D eigenvalue weighted by atomic mass is 16.5. The van der Waals surface area contributed by atoms with E-state index in [-0.39, 0.29) is 10.8 Å². The SMILES string of the molecule is [2H]c1c([2H])c([2H])c2c(OCC(O)CNC([2H])(C([2H])([2H])[2H])C([2H])([2H])[2H])c([2H])c([2H])c([2H])c2c1[2H]. The molecular formula is C16H21NO2. The van der Waals surface area contributed by atoms with Crippen molar-refractivity contribution in [1.82, 2.24) is 5.32 Å². The molecule has 2 N–H and O–H groups in total. The van der Waals surface area contributed by atoms with Gasteiger partial charge in [-0.1, -0.05) is 50.0 Å². The van der Waals surface area contributed by atoms with E-state index in [2.05, 4.69) is 0 Å². The van der Waals surface area contributed by atoms with E-state index in [9.17, 15) is 5.11 Å². The summed E-state index contributed by atoms with van der Waals surface area (Å²) in [5.41, 5.74) is 0. The van der Waals surface area contributed by atoms with Gasteiger partial charge in [0.15, 0.2) is 0 Å². The highest BCUT2D eigenvalue weighted by molar-refractivity contribution is 5.88. The van der Waals surface area contributed by atoms with Gasteiger partial charge in [0.1, 0.15) is 18.5 Å². The van der Waals surface area contributed by atoms with Crippen molar-refractivity contribution >= 4 is 10.8 Å². The summed E-state index contributed by atoms with van der Waals surface area (Å²) in [7, 11) is 0. The first-order chi connectivity index (χ1) is 14.9. The first-order valence-corrected chi connectivity index (χ1v) is 5.42. The number of fused-ring (bicyclic) bond motifs is 1. The van der Waals surface area contributed by atoms with Gasteiger partial charge >= 0.3 is 0 Å². The van der Waals surface area contributed by atoms with Crippen molar-refractivity contribution in [2.24, 2.45) is 0 Å². The molecule has 19 heavy (non-hydrogen) atoms. The summed E-state index contributed by atoms with van der Waals surface area (Å²) in [5, 5.41) is 11.5. The molecule has 0 amide bonds. The van der Waals surface area contributed by atoms with Gasteiger partial charge in [0, 0.05) is 27.5 Å². The van der Waals surface area contributed by atoms with Crippen molar-refractivity contribution in [2.75, 3.05) is 13.2 Å². The molecule has 0 radical (unpaired) electrons. The van der Waals surface area contributed by atoms with Gasteiger partial charge in [-0.15, -0.1) is 0 Å². The molecule has 3 nitrogen and oxygen atoms in total. The molecule has 2 aromatic carbocycles. The predicted molar refractivity (Wildman–Crippen MR) is 78.6 cm³/mol. The van der Waals surface area contributed by atoms with Crippen LogP contribution in [-0.4, -0.2) is 30.4 Å². The summed E-state index contributed by atoms with van der Waals surface area (Å²) >= 11 is 0. The lowest BCUT2D eigenvalue weighted by Gasteiger charge is -2.15. The molecule has 0 fully saturated rings. The molecule has 0 bridgehead atoms. The average molecular weight is 273 g/mol. The zero-order chi connectivity index (χ0) is 25.7. The molecule has 3 heteroatoms. The molecule has 2 aromatic rings. The molecule has 2 rings (SSSR count). The van der Waals surface area contributed by atoms with E-state index in [1.54, 1.807) is 0 Å². The third-order valence-electron chi connectivity index (χ3n) is 2.21. The normalized spacial score (nSPS) is 25.3. The second-order valence-corrected chi connectivity index (χ2v) is 3.67. The van der Waals surface area contributed by atoms with Crippen molar-refractivity contribution in [1.29, 1.82) is 0 Å². The van der Waals surface area contributed by atoms with E-state index >= 15 is 0 Å². The number of ether oxygens (including phenoxy) is 1. The number of nitrogens with one attached hydrogen (secondary N) is 1. The summed E-state index contributed by atoms with van der Waals surface area (Å²) < 4.78 is 113. The van der Waals surface area contributed by atoms with Crippen LogP contribution < -0.4 is 10.1 Å². The van der Waals surface area contributed by atoms with Crippen LogP contribution in [0.25, 0.3) is 10.8 Å². The largest absolute Gasteiger partial charge is 0.490 e. The lowest BCUT2D eigenvalue weighted by molar-refractivity contribution is 0.105. The smallest absolute Gasteiger partial charge is 0.127 e. The Balaban J connectivity index is 2.39. The van der Waals surface area contributed by atoms with Crippen LogP contribution in [0.1, 0.15) is 32.9 Å². The third kappa shape index (κ3) is 3.94. The molecule has 1 atom stereocenters. The van der Waals surface area contributed by atoms with Crippen molar-refractivity contribution in [2.45, 2.75) is 25.8 Å². The van der Waals surface area contributed by atoms with Crippen LogP contribution in [0.5, 0.6) is 5.75 Å². The summed E-state index contributed by atoms with van der Waals surface area (Å²) in [4.78, 5) is 0. The number of hydrogen-bond donors (Lipinski definition) is 2. The van der Waals surface area contributed by atoms with Crippen molar-refractivity contribution in [3.05, 3.63) is 42.3 Å². The fourth-order valence-electron chi connectivity index (χ4n) is 1.36. The first kappa shape index (κ1) is 4.47. The molecule has 0 saturated carbocycles. The van der Waals surface area contributed by atoms with Gasteiger partial charge in [0.05, 0.1) is 9.60 Å². The van der Waals surface area contributed by atoms with Gasteiger partial charge in [-0.2, -0.15) is 0 Å². The quantitative estimate of drug-likeness (QED) is 0.850. The molecule has 0 saturated heterocycles. The summed E-state index contributed by atoms with van der Waals surface area (Å²) in [5.74, 6) is -0.499. The fourth-order valence-corrected chi connectivity index (χ4v) is 1.36. The van der Waals surface area contributed by atoms with Crippen LogP contribution in [0.3, 0.4) is 0 Å². The van der Waals surface area contributed by atoms with Gasteiger partial charge in [-0.3, -0.25) is 0 Å². The molecular weight excluding hydrogens is 238 g/mol. The zero-order valence-corrected chi connectivity index (χ0v) is 9.85. The van der Waals surface area contributed by atoms with Crippen LogP contribution in [-0.2, 0) is 0 Å². The topological polar surface area (TPSA) is 41.5 Å². The van der Waals surface area contributed by atoms with E-state index < -0.39 is 87.0 Å². The summed E-state index contributed by atoms with van der Waals surface area (Å²) in [6.45, 7) is -7.95. The number of aliphatic hydroxyl groups is 1. The second-order valence-electron chi connectivity index (χ2n) is 3.67. The molecule has 0 aliphatic carbocycles. The molecule has 1 unspecified atom stereocenters. The van der Waals surface area contributed by atoms with Crippen molar-refractivity contribution < 1.29 is 29.0 Å². The maximum atomic E-state index is 10.2. The maximum Gasteiger partial charge on any atom is 0.127 e. The lowest BCUT2D eigenvalue weighted by atomic mass is 10.1. The maximum absolute atomic E-state index is 10.2. The summed E-state index contributed by atoms with van der Waals surface area (Å²) in [6.07, 6.45) is -1.60. The molecule has 0 heterocycles. The Morgan fingerprint density at radius 2 is 2.11 bits per heavy atom. The summed E-state index contributed by atoms with van der Waals surface area (Å²) in [6, 6.07) is -7.57. The van der Waals surface area contributed by atoms with Gasteiger partial charge in [-0.25, -0.2) is 0 Å². The number of rotatable bonds is 6.